The summed E-state index contributed by atoms with van der Waals surface area (Å²) in [6, 6.07) is 16.4. The average Bonchev–Trinajstić information content (AvgIpc) is 3.13. The van der Waals surface area contributed by atoms with Crippen molar-refractivity contribution in [2.75, 3.05) is 11.6 Å². The van der Waals surface area contributed by atoms with Gasteiger partial charge in [0.25, 0.3) is 5.91 Å². The van der Waals surface area contributed by atoms with Gasteiger partial charge >= 0.3 is 0 Å². The number of rotatable bonds is 5. The molecular weight excluding hydrogens is 410 g/mol. The van der Waals surface area contributed by atoms with Gasteiger partial charge in [-0.2, -0.15) is 0 Å². The lowest BCUT2D eigenvalue weighted by atomic mass is 10.3. The Morgan fingerprint density at radius 1 is 1.08 bits per heavy atom. The average molecular weight is 424 g/mol. The largest absolute Gasteiger partial charge is 0.321 e. The smallest absolute Gasteiger partial charge is 0.265 e. The second-order valence-corrected chi connectivity index (χ2v) is 9.84. The van der Waals surface area contributed by atoms with E-state index < -0.39 is 9.84 Å². The van der Waals surface area contributed by atoms with E-state index in [0.29, 0.717) is 15.6 Å². The molecule has 0 saturated carbocycles. The summed E-state index contributed by atoms with van der Waals surface area (Å²) in [5, 5.41) is 3.25. The van der Waals surface area contributed by atoms with E-state index in [1.807, 2.05) is 24.5 Å². The second-order valence-electron chi connectivity index (χ2n) is 5.26. The highest BCUT2D eigenvalue weighted by Crippen LogP contribution is 2.29. The maximum atomic E-state index is 12.7. The van der Waals surface area contributed by atoms with E-state index in [4.69, 9.17) is 11.6 Å². The molecule has 0 aliphatic heterocycles. The summed E-state index contributed by atoms with van der Waals surface area (Å²) in [7, 11) is -3.68. The molecule has 4 nitrogen and oxygen atoms in total. The Balaban J connectivity index is 1.82. The monoisotopic (exact) mass is 423 g/mol. The number of hydrogen-bond donors (Lipinski definition) is 1. The van der Waals surface area contributed by atoms with Crippen molar-refractivity contribution < 1.29 is 13.2 Å². The molecule has 0 aliphatic carbocycles. The van der Waals surface area contributed by atoms with Crippen molar-refractivity contribution >= 4 is 56.1 Å². The number of thioether (sulfide) groups is 1. The summed E-state index contributed by atoms with van der Waals surface area (Å²) in [5.74, 6) is -0.342. The molecule has 0 radical (unpaired) electrons. The van der Waals surface area contributed by atoms with Crippen molar-refractivity contribution in [1.29, 1.82) is 0 Å². The van der Waals surface area contributed by atoms with Gasteiger partial charge < -0.3 is 5.32 Å². The van der Waals surface area contributed by atoms with Crippen LogP contribution in [0.1, 0.15) is 9.67 Å². The molecule has 1 amide bonds. The Hall–Kier alpha value is -1.80. The van der Waals surface area contributed by atoms with Crippen LogP contribution in [-0.4, -0.2) is 20.6 Å². The Bertz CT molecular complexity index is 1040. The highest BCUT2D eigenvalue weighted by Gasteiger charge is 2.21. The van der Waals surface area contributed by atoms with Gasteiger partial charge in [-0.3, -0.25) is 4.79 Å². The summed E-state index contributed by atoms with van der Waals surface area (Å²) in [5.41, 5.74) is 0.664. The zero-order valence-corrected chi connectivity index (χ0v) is 16.8. The van der Waals surface area contributed by atoms with Crippen LogP contribution in [0.3, 0.4) is 0 Å². The minimum atomic E-state index is -3.68. The second kappa shape index (κ2) is 7.84. The SMILES string of the molecule is CSc1cccc(NC(=O)c2ccc(S(=O)(=O)c3ccc(Cl)cc3)s2)c1. The number of nitrogens with one attached hydrogen (secondary N) is 1. The van der Waals surface area contributed by atoms with Crippen LogP contribution in [0.2, 0.25) is 5.02 Å². The zero-order valence-electron chi connectivity index (χ0n) is 13.6. The predicted octanol–water partition coefficient (Wildman–Crippen LogP) is 5.21. The number of sulfone groups is 1. The number of thiophene rings is 1. The van der Waals surface area contributed by atoms with Gasteiger partial charge in [0.1, 0.15) is 4.21 Å². The normalized spacial score (nSPS) is 11.3. The van der Waals surface area contributed by atoms with Crippen molar-refractivity contribution in [3.8, 4) is 0 Å². The van der Waals surface area contributed by atoms with Crippen LogP contribution in [0, 0.1) is 0 Å². The van der Waals surface area contributed by atoms with E-state index in [9.17, 15) is 13.2 Å². The summed E-state index contributed by atoms with van der Waals surface area (Å²) in [4.78, 5) is 13.9. The molecule has 0 fully saturated rings. The fourth-order valence-electron chi connectivity index (χ4n) is 2.21. The Morgan fingerprint density at radius 2 is 1.81 bits per heavy atom. The number of halogens is 1. The number of carbonyl (C=O) groups is 1. The van der Waals surface area contributed by atoms with Gasteiger partial charge in [0.15, 0.2) is 0 Å². The van der Waals surface area contributed by atoms with E-state index >= 15 is 0 Å². The van der Waals surface area contributed by atoms with Gasteiger partial charge in [0, 0.05) is 15.6 Å². The molecule has 3 rings (SSSR count). The fourth-order valence-corrected chi connectivity index (χ4v) is 5.40. The molecule has 2 aromatic carbocycles. The number of amides is 1. The molecule has 8 heteroatoms. The molecule has 1 heterocycles. The van der Waals surface area contributed by atoms with Crippen molar-refractivity contribution in [1.82, 2.24) is 0 Å². The maximum absolute atomic E-state index is 12.7. The van der Waals surface area contributed by atoms with Gasteiger partial charge in [0.2, 0.25) is 9.84 Å². The minimum absolute atomic E-state index is 0.114. The third-order valence-corrected chi connectivity index (χ3v) is 7.84. The molecular formula is C18H14ClNO3S3. The molecule has 1 aromatic heterocycles. The van der Waals surface area contributed by atoms with Gasteiger partial charge in [-0.05, 0) is 60.9 Å². The number of hydrogen-bond acceptors (Lipinski definition) is 5. The van der Waals surface area contributed by atoms with Crippen LogP contribution in [-0.2, 0) is 9.84 Å². The first kappa shape index (κ1) is 19.0. The molecule has 0 unspecified atom stereocenters. The lowest BCUT2D eigenvalue weighted by Gasteiger charge is -2.05. The van der Waals surface area contributed by atoms with E-state index in [0.717, 1.165) is 16.2 Å². The maximum Gasteiger partial charge on any atom is 0.265 e. The van der Waals surface area contributed by atoms with E-state index in [2.05, 4.69) is 5.32 Å². The Labute approximate surface area is 165 Å². The van der Waals surface area contributed by atoms with Gasteiger partial charge in [-0.15, -0.1) is 23.1 Å². The van der Waals surface area contributed by atoms with Gasteiger partial charge in [-0.25, -0.2) is 8.42 Å². The lowest BCUT2D eigenvalue weighted by Crippen LogP contribution is -2.10. The quantitative estimate of drug-likeness (QED) is 0.572. The van der Waals surface area contributed by atoms with Crippen molar-refractivity contribution in [3.63, 3.8) is 0 Å². The van der Waals surface area contributed by atoms with E-state index in [1.165, 1.54) is 36.4 Å². The summed E-state index contributed by atoms with van der Waals surface area (Å²) in [6.07, 6.45) is 1.95. The van der Waals surface area contributed by atoms with Crippen molar-refractivity contribution in [2.24, 2.45) is 0 Å². The molecule has 0 atom stereocenters. The van der Waals surface area contributed by atoms with Crippen LogP contribution in [0.25, 0.3) is 0 Å². The van der Waals surface area contributed by atoms with Crippen LogP contribution in [0.15, 0.2) is 74.7 Å². The van der Waals surface area contributed by atoms with Crippen LogP contribution in [0.5, 0.6) is 0 Å². The first-order chi connectivity index (χ1) is 12.4. The molecule has 0 aliphatic rings. The predicted molar refractivity (Wildman–Crippen MR) is 107 cm³/mol. The Morgan fingerprint density at radius 3 is 2.50 bits per heavy atom. The van der Waals surface area contributed by atoms with Gasteiger partial charge in [0.05, 0.1) is 9.77 Å². The van der Waals surface area contributed by atoms with Crippen LogP contribution in [0.4, 0.5) is 5.69 Å². The zero-order chi connectivity index (χ0) is 18.7. The molecule has 134 valence electrons. The fraction of sp³-hybridized carbons (Fsp3) is 0.0556. The molecule has 26 heavy (non-hydrogen) atoms. The van der Waals surface area contributed by atoms with Crippen LogP contribution >= 0.6 is 34.7 Å². The third kappa shape index (κ3) is 4.12. The molecule has 0 saturated heterocycles. The first-order valence-corrected chi connectivity index (χ1v) is 11.4. The molecule has 1 N–H and O–H groups in total. The van der Waals surface area contributed by atoms with Gasteiger partial charge in [-0.1, -0.05) is 17.7 Å². The molecule has 3 aromatic rings. The third-order valence-electron chi connectivity index (χ3n) is 3.52. The summed E-state index contributed by atoms with van der Waals surface area (Å²) >= 11 is 8.32. The van der Waals surface area contributed by atoms with Crippen LogP contribution < -0.4 is 5.32 Å². The highest BCUT2D eigenvalue weighted by atomic mass is 35.5. The van der Waals surface area contributed by atoms with Crippen molar-refractivity contribution in [3.05, 3.63) is 70.6 Å². The standard InChI is InChI=1S/C18H14ClNO3S3/c1-24-14-4-2-3-13(11-14)20-18(21)16-9-10-17(25-16)26(22,23)15-7-5-12(19)6-8-15/h2-11H,1H3,(H,20,21). The Kier molecular flexibility index (Phi) is 5.72. The molecule has 0 spiro atoms. The number of anilines is 1. The van der Waals surface area contributed by atoms with E-state index in [-0.39, 0.29) is 15.0 Å². The topological polar surface area (TPSA) is 63.2 Å². The highest BCUT2D eigenvalue weighted by molar-refractivity contribution is 7.98. The molecule has 0 bridgehead atoms. The lowest BCUT2D eigenvalue weighted by molar-refractivity contribution is 0.103. The number of benzene rings is 2. The van der Waals surface area contributed by atoms with Crippen molar-refractivity contribution in [2.45, 2.75) is 14.0 Å². The minimum Gasteiger partial charge on any atom is -0.321 e. The summed E-state index contributed by atoms with van der Waals surface area (Å²) < 4.78 is 25.4. The summed E-state index contributed by atoms with van der Waals surface area (Å²) in [6.45, 7) is 0. The number of carbonyl (C=O) groups excluding carboxylic acids is 1. The first-order valence-electron chi connectivity index (χ1n) is 7.46. The van der Waals surface area contributed by atoms with E-state index in [1.54, 1.807) is 17.8 Å².